The summed E-state index contributed by atoms with van der Waals surface area (Å²) in [5.41, 5.74) is 0. The van der Waals surface area contributed by atoms with Crippen LogP contribution in [0.3, 0.4) is 0 Å². The van der Waals surface area contributed by atoms with Crippen molar-refractivity contribution in [1.29, 1.82) is 0 Å². The molecule has 2 saturated heterocycles. The zero-order chi connectivity index (χ0) is 22.8. The van der Waals surface area contributed by atoms with Crippen molar-refractivity contribution in [1.82, 2.24) is 14.1 Å². The minimum Gasteiger partial charge on any atom is -0.379 e. The number of thiophene rings is 1. The Morgan fingerprint density at radius 1 is 1.03 bits per heavy atom. The van der Waals surface area contributed by atoms with Gasteiger partial charge in [-0.1, -0.05) is 32.6 Å². The number of ether oxygens (including phenoxy) is 1. The van der Waals surface area contributed by atoms with Crippen LogP contribution < -0.4 is 0 Å². The van der Waals surface area contributed by atoms with Crippen LogP contribution in [0.4, 0.5) is 0 Å². The van der Waals surface area contributed by atoms with E-state index in [0.29, 0.717) is 17.3 Å². The number of rotatable bonds is 12. The van der Waals surface area contributed by atoms with E-state index in [1.807, 2.05) is 11.0 Å². The van der Waals surface area contributed by atoms with Gasteiger partial charge in [0.15, 0.2) is 0 Å². The molecule has 0 aliphatic carbocycles. The fourth-order valence-corrected chi connectivity index (χ4v) is 7.28. The molecule has 3 heterocycles. The minimum absolute atomic E-state index is 0.0959. The van der Waals surface area contributed by atoms with E-state index in [1.165, 1.54) is 24.2 Å². The smallest absolute Gasteiger partial charge is 0.252 e. The number of hydrogen-bond donors (Lipinski definition) is 0. The number of carbonyl (C=O) groups is 1. The molecule has 7 nitrogen and oxygen atoms in total. The van der Waals surface area contributed by atoms with Crippen molar-refractivity contribution >= 4 is 27.3 Å². The van der Waals surface area contributed by atoms with E-state index in [-0.39, 0.29) is 12.3 Å². The second kappa shape index (κ2) is 13.0. The van der Waals surface area contributed by atoms with Gasteiger partial charge in [-0.05, 0) is 31.4 Å². The number of hydrogen-bond acceptors (Lipinski definition) is 6. The molecule has 2 fully saturated rings. The number of nitrogens with zero attached hydrogens (tertiary/aromatic N) is 3. The fourth-order valence-electron chi connectivity index (χ4n) is 4.26. The lowest BCUT2D eigenvalue weighted by molar-refractivity contribution is -0.130. The molecule has 1 amide bonds. The van der Waals surface area contributed by atoms with Gasteiger partial charge >= 0.3 is 0 Å². The lowest BCUT2D eigenvalue weighted by atomic mass is 10.2. The molecule has 32 heavy (non-hydrogen) atoms. The van der Waals surface area contributed by atoms with Crippen LogP contribution in [0.5, 0.6) is 0 Å². The maximum absolute atomic E-state index is 13.1. The van der Waals surface area contributed by atoms with Crippen molar-refractivity contribution in [2.24, 2.45) is 0 Å². The van der Waals surface area contributed by atoms with Gasteiger partial charge in [-0.15, -0.1) is 11.3 Å². The molecule has 0 bridgehead atoms. The molecule has 2 aliphatic heterocycles. The first-order valence-electron chi connectivity index (χ1n) is 12.2. The molecule has 0 atom stereocenters. The first-order chi connectivity index (χ1) is 15.5. The zero-order valence-electron chi connectivity index (χ0n) is 19.5. The van der Waals surface area contributed by atoms with Gasteiger partial charge in [-0.2, -0.15) is 4.31 Å². The summed E-state index contributed by atoms with van der Waals surface area (Å²) in [4.78, 5) is 18.3. The Kier molecular flexibility index (Phi) is 10.4. The molecule has 3 rings (SSSR count). The first-order valence-corrected chi connectivity index (χ1v) is 14.4. The van der Waals surface area contributed by atoms with Gasteiger partial charge in [-0.25, -0.2) is 8.42 Å². The SMILES string of the molecule is CCCCCCN(CCN1CCOCC1)C(=O)Cc1ccc(S(=O)(=O)N2CCCCC2)s1. The van der Waals surface area contributed by atoms with Crippen LogP contribution in [-0.2, 0) is 26.0 Å². The quantitative estimate of drug-likeness (QED) is 0.425. The van der Waals surface area contributed by atoms with Gasteiger partial charge < -0.3 is 9.64 Å². The van der Waals surface area contributed by atoms with Crippen LogP contribution in [0.25, 0.3) is 0 Å². The van der Waals surface area contributed by atoms with Crippen molar-refractivity contribution in [2.45, 2.75) is 62.5 Å². The summed E-state index contributed by atoms with van der Waals surface area (Å²) < 4.78 is 33.2. The molecule has 0 N–H and O–H groups in total. The number of piperidine rings is 1. The molecule has 1 aromatic heterocycles. The van der Waals surface area contributed by atoms with Crippen molar-refractivity contribution in [3.8, 4) is 0 Å². The molecule has 0 aromatic carbocycles. The van der Waals surface area contributed by atoms with Crippen LogP contribution in [0.1, 0.15) is 56.7 Å². The predicted octanol–water partition coefficient (Wildman–Crippen LogP) is 3.21. The van der Waals surface area contributed by atoms with E-state index in [0.717, 1.165) is 82.9 Å². The average Bonchev–Trinajstić information content (AvgIpc) is 3.29. The molecule has 9 heteroatoms. The monoisotopic (exact) mass is 485 g/mol. The second-order valence-electron chi connectivity index (χ2n) is 8.76. The Balaban J connectivity index is 1.58. The standard InChI is InChI=1S/C23H39N3O4S2/c1-2-3-4-6-11-25(15-14-24-16-18-30-19-17-24)22(27)20-21-9-10-23(31-21)32(28,29)26-12-7-5-8-13-26/h9-10H,2-8,11-20H2,1H3. The largest absolute Gasteiger partial charge is 0.379 e. The Hall–Kier alpha value is -1.00. The van der Waals surface area contributed by atoms with Gasteiger partial charge in [0, 0.05) is 50.7 Å². The summed E-state index contributed by atoms with van der Waals surface area (Å²) in [5, 5.41) is 0. The van der Waals surface area contributed by atoms with Crippen LogP contribution in [0, 0.1) is 0 Å². The third-order valence-electron chi connectivity index (χ3n) is 6.30. The van der Waals surface area contributed by atoms with E-state index in [9.17, 15) is 13.2 Å². The zero-order valence-corrected chi connectivity index (χ0v) is 21.1. The van der Waals surface area contributed by atoms with E-state index in [2.05, 4.69) is 11.8 Å². The maximum atomic E-state index is 13.1. The van der Waals surface area contributed by atoms with Gasteiger partial charge in [0.2, 0.25) is 5.91 Å². The summed E-state index contributed by atoms with van der Waals surface area (Å²) in [6.07, 6.45) is 7.72. The van der Waals surface area contributed by atoms with Gasteiger partial charge in [0.1, 0.15) is 4.21 Å². The third-order valence-corrected chi connectivity index (χ3v) is 9.75. The molecule has 1 aromatic rings. The highest BCUT2D eigenvalue weighted by atomic mass is 32.2. The summed E-state index contributed by atoms with van der Waals surface area (Å²) in [5.74, 6) is 0.0959. The van der Waals surface area contributed by atoms with Crippen LogP contribution in [0.15, 0.2) is 16.3 Å². The highest BCUT2D eigenvalue weighted by molar-refractivity contribution is 7.91. The summed E-state index contributed by atoms with van der Waals surface area (Å²) >= 11 is 1.25. The van der Waals surface area contributed by atoms with E-state index in [1.54, 1.807) is 10.4 Å². The van der Waals surface area contributed by atoms with Crippen molar-refractivity contribution in [3.63, 3.8) is 0 Å². The summed E-state index contributed by atoms with van der Waals surface area (Å²) in [6.45, 7) is 9.09. The minimum atomic E-state index is -3.43. The normalized spacial score (nSPS) is 18.7. The Labute approximate surface area is 197 Å². The number of morpholine rings is 1. The number of unbranched alkanes of at least 4 members (excludes halogenated alkanes) is 3. The number of amides is 1. The molecule has 0 unspecified atom stereocenters. The summed E-state index contributed by atoms with van der Waals surface area (Å²) in [6, 6.07) is 3.49. The predicted molar refractivity (Wildman–Crippen MR) is 129 cm³/mol. The first kappa shape index (κ1) is 25.6. The van der Waals surface area contributed by atoms with Gasteiger partial charge in [0.05, 0.1) is 19.6 Å². The van der Waals surface area contributed by atoms with E-state index < -0.39 is 10.0 Å². The molecular weight excluding hydrogens is 446 g/mol. The number of carbonyl (C=O) groups excluding carboxylic acids is 1. The lowest BCUT2D eigenvalue weighted by Gasteiger charge is -2.30. The van der Waals surface area contributed by atoms with Crippen LogP contribution in [0.2, 0.25) is 0 Å². The Morgan fingerprint density at radius 2 is 1.78 bits per heavy atom. The number of sulfonamides is 1. The fraction of sp³-hybridized carbons (Fsp3) is 0.783. The van der Waals surface area contributed by atoms with Crippen LogP contribution in [-0.4, -0.2) is 87.5 Å². The van der Waals surface area contributed by atoms with E-state index >= 15 is 0 Å². The third kappa shape index (κ3) is 7.52. The van der Waals surface area contributed by atoms with Gasteiger partial charge in [0.25, 0.3) is 10.0 Å². The Bertz CT molecular complexity index is 800. The van der Waals surface area contributed by atoms with Crippen molar-refractivity contribution in [3.05, 3.63) is 17.0 Å². The summed E-state index contributed by atoms with van der Waals surface area (Å²) in [7, 11) is -3.43. The lowest BCUT2D eigenvalue weighted by Crippen LogP contribution is -2.43. The molecule has 0 radical (unpaired) electrons. The molecular formula is C23H39N3O4S2. The van der Waals surface area contributed by atoms with E-state index in [4.69, 9.17) is 4.74 Å². The van der Waals surface area contributed by atoms with Crippen LogP contribution >= 0.6 is 11.3 Å². The molecule has 0 spiro atoms. The molecule has 2 aliphatic rings. The highest BCUT2D eigenvalue weighted by Gasteiger charge is 2.28. The van der Waals surface area contributed by atoms with Crippen molar-refractivity contribution < 1.29 is 17.9 Å². The average molecular weight is 486 g/mol. The molecule has 0 saturated carbocycles. The maximum Gasteiger partial charge on any atom is 0.252 e. The Morgan fingerprint density at radius 3 is 2.50 bits per heavy atom. The second-order valence-corrected chi connectivity index (χ2v) is 12.1. The van der Waals surface area contributed by atoms with Gasteiger partial charge in [-0.3, -0.25) is 9.69 Å². The topological polar surface area (TPSA) is 70.2 Å². The molecule has 182 valence electrons. The van der Waals surface area contributed by atoms with Crippen molar-refractivity contribution in [2.75, 3.05) is 59.0 Å². The highest BCUT2D eigenvalue weighted by Crippen LogP contribution is 2.27.